The number of hydrogen-bond acceptors (Lipinski definition) is 6. The van der Waals surface area contributed by atoms with Gasteiger partial charge in [0.15, 0.2) is 4.80 Å². The fourth-order valence-electron chi connectivity index (χ4n) is 3.84. The van der Waals surface area contributed by atoms with Crippen molar-refractivity contribution < 1.29 is 14.3 Å². The molecule has 1 unspecified atom stereocenters. The van der Waals surface area contributed by atoms with E-state index in [4.69, 9.17) is 21.1 Å². The Morgan fingerprint density at radius 2 is 1.94 bits per heavy atom. The Labute approximate surface area is 212 Å². The minimum atomic E-state index is -0.691. The highest BCUT2D eigenvalue weighted by Gasteiger charge is 2.33. The van der Waals surface area contributed by atoms with Crippen LogP contribution in [0.15, 0.2) is 82.2 Å². The molecule has 4 rings (SSSR count). The average Bonchev–Trinajstić information content (AvgIpc) is 3.12. The third-order valence-electron chi connectivity index (χ3n) is 5.33. The van der Waals surface area contributed by atoms with Crippen LogP contribution in [0.1, 0.15) is 37.9 Å². The van der Waals surface area contributed by atoms with Crippen molar-refractivity contribution in [3.63, 3.8) is 0 Å². The summed E-state index contributed by atoms with van der Waals surface area (Å²) in [5.74, 6) is 0.142. The van der Waals surface area contributed by atoms with Gasteiger partial charge in [-0.25, -0.2) is 9.79 Å². The molecular weight excluding hydrogens is 484 g/mol. The molecule has 35 heavy (non-hydrogen) atoms. The standard InChI is InChI=1S/C27H25ClN2O4S/c1-5-14-33-21-9-7-6-8-19(21)15-22-25(31)30-24(18-10-12-20(28)13-11-18)23(26(32)34-16(2)3)17(4)29-27(30)35-22/h5-13,15-16,24H,1,14H2,2-4H3. The number of fused-ring (bicyclic) bond motifs is 1. The van der Waals surface area contributed by atoms with Crippen LogP contribution < -0.4 is 19.6 Å². The fourth-order valence-corrected chi connectivity index (χ4v) is 5.01. The van der Waals surface area contributed by atoms with Crippen LogP contribution >= 0.6 is 22.9 Å². The number of aromatic nitrogens is 1. The summed E-state index contributed by atoms with van der Waals surface area (Å²) in [6.07, 6.45) is 3.13. The maximum Gasteiger partial charge on any atom is 0.338 e. The van der Waals surface area contributed by atoms with Gasteiger partial charge < -0.3 is 9.47 Å². The lowest BCUT2D eigenvalue weighted by atomic mass is 9.96. The van der Waals surface area contributed by atoms with Crippen LogP contribution in [0, 0.1) is 0 Å². The lowest BCUT2D eigenvalue weighted by molar-refractivity contribution is -0.143. The molecule has 180 valence electrons. The number of para-hydroxylation sites is 1. The van der Waals surface area contributed by atoms with Crippen LogP contribution in [-0.4, -0.2) is 23.2 Å². The predicted molar refractivity (Wildman–Crippen MR) is 139 cm³/mol. The van der Waals surface area contributed by atoms with Crippen molar-refractivity contribution in [2.45, 2.75) is 32.9 Å². The Balaban J connectivity index is 1.92. The first kappa shape index (κ1) is 24.7. The normalized spacial score (nSPS) is 15.6. The van der Waals surface area contributed by atoms with E-state index in [1.165, 1.54) is 11.3 Å². The number of benzene rings is 2. The predicted octanol–water partition coefficient (Wildman–Crippen LogP) is 4.41. The smallest absolute Gasteiger partial charge is 0.338 e. The van der Waals surface area contributed by atoms with Crippen LogP contribution in [-0.2, 0) is 9.53 Å². The van der Waals surface area contributed by atoms with Gasteiger partial charge in [0.25, 0.3) is 5.56 Å². The van der Waals surface area contributed by atoms with Crippen LogP contribution in [0.5, 0.6) is 5.75 Å². The van der Waals surface area contributed by atoms with Crippen LogP contribution in [0.2, 0.25) is 5.02 Å². The lowest BCUT2D eigenvalue weighted by Gasteiger charge is -2.25. The van der Waals surface area contributed by atoms with E-state index in [-0.39, 0.29) is 11.7 Å². The molecule has 0 spiro atoms. The summed E-state index contributed by atoms with van der Waals surface area (Å²) in [5, 5.41) is 0.560. The van der Waals surface area contributed by atoms with Crippen molar-refractivity contribution in [2.24, 2.45) is 4.99 Å². The van der Waals surface area contributed by atoms with E-state index in [9.17, 15) is 9.59 Å². The summed E-state index contributed by atoms with van der Waals surface area (Å²) in [5.41, 5.74) is 2.09. The molecule has 1 aromatic heterocycles. The zero-order chi connectivity index (χ0) is 25.1. The highest BCUT2D eigenvalue weighted by atomic mass is 35.5. The Hall–Kier alpha value is -3.42. The molecule has 0 amide bonds. The van der Waals surface area contributed by atoms with Crippen LogP contribution in [0.3, 0.4) is 0 Å². The van der Waals surface area contributed by atoms with Crippen molar-refractivity contribution in [1.82, 2.24) is 4.57 Å². The van der Waals surface area contributed by atoms with E-state index in [0.717, 1.165) is 11.1 Å². The Morgan fingerprint density at radius 3 is 2.63 bits per heavy atom. The van der Waals surface area contributed by atoms with Gasteiger partial charge >= 0.3 is 5.97 Å². The van der Waals surface area contributed by atoms with Crippen molar-refractivity contribution in [2.75, 3.05) is 6.61 Å². The van der Waals surface area contributed by atoms with Crippen molar-refractivity contribution in [3.05, 3.63) is 108 Å². The molecule has 8 heteroatoms. The van der Waals surface area contributed by atoms with Crippen LogP contribution in [0.4, 0.5) is 0 Å². The number of carbonyl (C=O) groups is 1. The van der Waals surface area contributed by atoms with Crippen molar-refractivity contribution >= 4 is 35.0 Å². The molecule has 0 bridgehead atoms. The number of carbonyl (C=O) groups excluding carboxylic acids is 1. The van der Waals surface area contributed by atoms with Gasteiger partial charge in [0.1, 0.15) is 12.4 Å². The first-order valence-corrected chi connectivity index (χ1v) is 12.3. The summed E-state index contributed by atoms with van der Waals surface area (Å²) in [6, 6.07) is 13.9. The van der Waals surface area contributed by atoms with E-state index in [1.807, 2.05) is 36.4 Å². The number of nitrogens with zero attached hydrogens (tertiary/aromatic N) is 2. The van der Waals surface area contributed by atoms with E-state index in [0.29, 0.717) is 38.0 Å². The number of allylic oxidation sites excluding steroid dienone is 1. The second kappa shape index (κ2) is 10.5. The number of rotatable bonds is 7. The summed E-state index contributed by atoms with van der Waals surface area (Å²) in [4.78, 5) is 32.0. The van der Waals surface area contributed by atoms with Gasteiger partial charge in [0.05, 0.1) is 27.9 Å². The van der Waals surface area contributed by atoms with Gasteiger partial charge in [0.2, 0.25) is 0 Å². The molecular formula is C27H25ClN2O4S. The number of thiazole rings is 1. The average molecular weight is 509 g/mol. The number of hydrogen-bond donors (Lipinski definition) is 0. The Bertz CT molecular complexity index is 1480. The van der Waals surface area contributed by atoms with Gasteiger partial charge in [-0.2, -0.15) is 0 Å². The summed E-state index contributed by atoms with van der Waals surface area (Å²) >= 11 is 7.37. The number of esters is 1. The fraction of sp³-hybridized carbons (Fsp3) is 0.222. The maximum absolute atomic E-state index is 13.7. The zero-order valence-corrected chi connectivity index (χ0v) is 21.2. The molecule has 2 heterocycles. The topological polar surface area (TPSA) is 69.9 Å². The maximum atomic E-state index is 13.7. The number of halogens is 1. The molecule has 2 aromatic carbocycles. The molecule has 3 aromatic rings. The van der Waals surface area contributed by atoms with Gasteiger partial charge in [-0.3, -0.25) is 9.36 Å². The molecule has 0 fully saturated rings. The van der Waals surface area contributed by atoms with E-state index in [2.05, 4.69) is 11.6 Å². The second-order valence-corrected chi connectivity index (χ2v) is 9.67. The van der Waals surface area contributed by atoms with Gasteiger partial charge in [-0.15, -0.1) is 0 Å². The highest BCUT2D eigenvalue weighted by molar-refractivity contribution is 7.07. The van der Waals surface area contributed by atoms with E-state index >= 15 is 0 Å². The zero-order valence-electron chi connectivity index (χ0n) is 19.7. The second-order valence-electron chi connectivity index (χ2n) is 8.22. The van der Waals surface area contributed by atoms with Crippen LogP contribution in [0.25, 0.3) is 6.08 Å². The SMILES string of the molecule is C=CCOc1ccccc1C=c1sc2n(c1=O)C(c1ccc(Cl)cc1)C(C(=O)OC(C)C)=C(C)N=2. The quantitative estimate of drug-likeness (QED) is 0.350. The molecule has 1 aliphatic rings. The minimum absolute atomic E-state index is 0.255. The molecule has 0 radical (unpaired) electrons. The molecule has 6 nitrogen and oxygen atoms in total. The summed E-state index contributed by atoms with van der Waals surface area (Å²) < 4.78 is 13.3. The van der Waals surface area contributed by atoms with Gasteiger partial charge in [-0.1, -0.05) is 65.9 Å². The molecule has 1 atom stereocenters. The summed E-state index contributed by atoms with van der Waals surface area (Å²) in [7, 11) is 0. The molecule has 0 saturated carbocycles. The summed E-state index contributed by atoms with van der Waals surface area (Å²) in [6.45, 7) is 9.36. The van der Waals surface area contributed by atoms with Crippen molar-refractivity contribution in [1.29, 1.82) is 0 Å². The van der Waals surface area contributed by atoms with Crippen molar-refractivity contribution in [3.8, 4) is 5.75 Å². The largest absolute Gasteiger partial charge is 0.489 e. The minimum Gasteiger partial charge on any atom is -0.489 e. The Morgan fingerprint density at radius 1 is 1.23 bits per heavy atom. The molecule has 0 saturated heterocycles. The molecule has 0 N–H and O–H groups in total. The third kappa shape index (κ3) is 5.16. The number of ether oxygens (including phenoxy) is 2. The Kier molecular flexibility index (Phi) is 7.38. The molecule has 0 aliphatic carbocycles. The van der Waals surface area contributed by atoms with Gasteiger partial charge in [-0.05, 0) is 50.6 Å². The molecule has 1 aliphatic heterocycles. The van der Waals surface area contributed by atoms with E-state index in [1.54, 1.807) is 49.6 Å². The lowest BCUT2D eigenvalue weighted by Crippen LogP contribution is -2.40. The third-order valence-corrected chi connectivity index (χ3v) is 6.57. The first-order valence-electron chi connectivity index (χ1n) is 11.1. The van der Waals surface area contributed by atoms with Gasteiger partial charge in [0, 0.05) is 10.6 Å². The highest BCUT2D eigenvalue weighted by Crippen LogP contribution is 2.31. The monoisotopic (exact) mass is 508 g/mol. The first-order chi connectivity index (χ1) is 16.8. The van der Waals surface area contributed by atoms with E-state index < -0.39 is 12.0 Å².